The lowest BCUT2D eigenvalue weighted by Gasteiger charge is -2.33. The second kappa shape index (κ2) is 8.02. The molecule has 32 heavy (non-hydrogen) atoms. The molecule has 1 saturated carbocycles. The Kier molecular flexibility index (Phi) is 5.17. The maximum Gasteiger partial charge on any atom is 0.325 e. The second-order valence-electron chi connectivity index (χ2n) is 8.70. The van der Waals surface area contributed by atoms with Gasteiger partial charge in [0.15, 0.2) is 0 Å². The van der Waals surface area contributed by atoms with Crippen molar-refractivity contribution in [2.45, 2.75) is 38.1 Å². The number of para-hydroxylation sites is 1. The van der Waals surface area contributed by atoms with Crippen LogP contribution < -0.4 is 10.6 Å². The van der Waals surface area contributed by atoms with Crippen LogP contribution >= 0.6 is 11.3 Å². The van der Waals surface area contributed by atoms with E-state index in [1.54, 1.807) is 23.5 Å². The molecule has 2 heterocycles. The maximum atomic E-state index is 12.9. The summed E-state index contributed by atoms with van der Waals surface area (Å²) in [4.78, 5) is 43.6. The first-order chi connectivity index (χ1) is 15.4. The normalized spacial score (nSPS) is 23.0. The fraction of sp³-hybridized carbons (Fsp3) is 0.333. The lowest BCUT2D eigenvalue weighted by Crippen LogP contribution is -2.49. The number of aromatic nitrogens is 1. The third kappa shape index (κ3) is 3.75. The molecule has 2 aliphatic rings. The number of fused-ring (bicyclic) bond motifs is 1. The molecule has 0 radical (unpaired) electrons. The van der Waals surface area contributed by atoms with Gasteiger partial charge in [-0.25, -0.2) is 9.78 Å². The van der Waals surface area contributed by atoms with E-state index in [1.807, 2.05) is 36.4 Å². The van der Waals surface area contributed by atoms with Crippen LogP contribution in [0.2, 0.25) is 0 Å². The number of thiazole rings is 1. The lowest BCUT2D eigenvalue weighted by atomic mass is 9.77. The molecular formula is C24H24N4O3S. The van der Waals surface area contributed by atoms with Gasteiger partial charge >= 0.3 is 6.03 Å². The van der Waals surface area contributed by atoms with Crippen molar-refractivity contribution < 1.29 is 14.4 Å². The third-order valence-corrected chi connectivity index (χ3v) is 7.47. The highest BCUT2D eigenvalue weighted by Crippen LogP contribution is 2.36. The van der Waals surface area contributed by atoms with Crippen molar-refractivity contribution in [1.29, 1.82) is 0 Å². The SMILES string of the molecule is CC1CCC2(CC1)NC(=O)N(CC(=O)Nc1ccc(-c3nc4ccccc4s3)cc1)C2=O. The van der Waals surface area contributed by atoms with Crippen LogP contribution in [0.5, 0.6) is 0 Å². The molecule has 5 rings (SSSR count). The summed E-state index contributed by atoms with van der Waals surface area (Å²) in [6.07, 6.45) is 3.05. The Bertz CT molecular complexity index is 1160. The lowest BCUT2D eigenvalue weighted by molar-refractivity contribution is -0.135. The number of hydrogen-bond donors (Lipinski definition) is 2. The summed E-state index contributed by atoms with van der Waals surface area (Å²) >= 11 is 1.62. The number of amides is 4. The summed E-state index contributed by atoms with van der Waals surface area (Å²) < 4.78 is 1.12. The molecule has 0 bridgehead atoms. The summed E-state index contributed by atoms with van der Waals surface area (Å²) in [5.41, 5.74) is 1.70. The minimum absolute atomic E-state index is 0.282. The smallest absolute Gasteiger partial charge is 0.325 e. The quantitative estimate of drug-likeness (QED) is 0.579. The zero-order valence-corrected chi connectivity index (χ0v) is 18.6. The fourth-order valence-corrected chi connectivity index (χ4v) is 5.42. The molecule has 4 amide bonds. The van der Waals surface area contributed by atoms with E-state index in [-0.39, 0.29) is 12.5 Å². The number of rotatable bonds is 4. The van der Waals surface area contributed by atoms with Gasteiger partial charge in [0.2, 0.25) is 5.91 Å². The van der Waals surface area contributed by atoms with Crippen LogP contribution in [0.15, 0.2) is 48.5 Å². The number of hydrogen-bond acceptors (Lipinski definition) is 5. The molecule has 1 spiro atoms. The van der Waals surface area contributed by atoms with Crippen LogP contribution in [0, 0.1) is 5.92 Å². The number of urea groups is 1. The number of nitrogens with one attached hydrogen (secondary N) is 2. The van der Waals surface area contributed by atoms with Crippen LogP contribution in [-0.2, 0) is 9.59 Å². The van der Waals surface area contributed by atoms with E-state index in [0.717, 1.165) is 38.5 Å². The highest BCUT2D eigenvalue weighted by molar-refractivity contribution is 7.21. The number of carbonyl (C=O) groups is 3. The number of nitrogens with zero attached hydrogens (tertiary/aromatic N) is 2. The molecule has 1 saturated heterocycles. The first-order valence-electron chi connectivity index (χ1n) is 10.8. The zero-order chi connectivity index (χ0) is 22.3. The van der Waals surface area contributed by atoms with Crippen LogP contribution in [0.4, 0.5) is 10.5 Å². The molecule has 2 fully saturated rings. The Labute approximate surface area is 189 Å². The first kappa shape index (κ1) is 20.6. The van der Waals surface area contributed by atoms with Gasteiger partial charge in [0.25, 0.3) is 5.91 Å². The van der Waals surface area contributed by atoms with Gasteiger partial charge in [-0.1, -0.05) is 19.1 Å². The van der Waals surface area contributed by atoms with E-state index in [0.29, 0.717) is 24.4 Å². The topological polar surface area (TPSA) is 91.4 Å². The first-order valence-corrected chi connectivity index (χ1v) is 11.7. The summed E-state index contributed by atoms with van der Waals surface area (Å²) in [5, 5.41) is 6.54. The van der Waals surface area contributed by atoms with E-state index in [1.165, 1.54) is 0 Å². The minimum atomic E-state index is -0.831. The molecule has 1 aliphatic carbocycles. The third-order valence-electron chi connectivity index (χ3n) is 6.38. The number of benzene rings is 2. The zero-order valence-electron chi connectivity index (χ0n) is 17.8. The Balaban J connectivity index is 1.23. The highest BCUT2D eigenvalue weighted by atomic mass is 32.1. The van der Waals surface area contributed by atoms with Crippen molar-refractivity contribution in [1.82, 2.24) is 15.2 Å². The van der Waals surface area contributed by atoms with Gasteiger partial charge in [0.1, 0.15) is 17.1 Å². The Hall–Kier alpha value is -3.26. The van der Waals surface area contributed by atoms with Crippen molar-refractivity contribution in [3.05, 3.63) is 48.5 Å². The van der Waals surface area contributed by atoms with Gasteiger partial charge in [0, 0.05) is 11.3 Å². The number of anilines is 1. The van der Waals surface area contributed by atoms with Gasteiger partial charge in [-0.3, -0.25) is 14.5 Å². The van der Waals surface area contributed by atoms with E-state index >= 15 is 0 Å². The molecule has 2 aromatic carbocycles. The molecule has 0 atom stereocenters. The Morgan fingerprint density at radius 2 is 1.88 bits per heavy atom. The van der Waals surface area contributed by atoms with E-state index in [9.17, 15) is 14.4 Å². The molecular weight excluding hydrogens is 424 g/mol. The van der Waals surface area contributed by atoms with Gasteiger partial charge in [-0.05, 0) is 68.0 Å². The van der Waals surface area contributed by atoms with Crippen LogP contribution in [-0.4, -0.2) is 39.8 Å². The van der Waals surface area contributed by atoms with Crippen molar-refractivity contribution in [3.8, 4) is 10.6 Å². The summed E-state index contributed by atoms with van der Waals surface area (Å²) in [7, 11) is 0. The maximum absolute atomic E-state index is 12.9. The van der Waals surface area contributed by atoms with Crippen molar-refractivity contribution in [2.24, 2.45) is 5.92 Å². The predicted molar refractivity (Wildman–Crippen MR) is 124 cm³/mol. The molecule has 7 nitrogen and oxygen atoms in total. The molecule has 1 aliphatic heterocycles. The summed E-state index contributed by atoms with van der Waals surface area (Å²) in [5.74, 6) is -0.133. The summed E-state index contributed by atoms with van der Waals surface area (Å²) in [6, 6.07) is 14.9. The van der Waals surface area contributed by atoms with E-state index < -0.39 is 17.5 Å². The molecule has 8 heteroatoms. The van der Waals surface area contributed by atoms with Crippen LogP contribution in [0.1, 0.15) is 32.6 Å². The average Bonchev–Trinajstić information content (AvgIpc) is 3.32. The molecule has 1 aromatic heterocycles. The molecule has 0 unspecified atom stereocenters. The van der Waals surface area contributed by atoms with Crippen molar-refractivity contribution in [3.63, 3.8) is 0 Å². The fourth-order valence-electron chi connectivity index (χ4n) is 4.45. The highest BCUT2D eigenvalue weighted by Gasteiger charge is 2.52. The number of imide groups is 1. The van der Waals surface area contributed by atoms with E-state index in [2.05, 4.69) is 22.5 Å². The predicted octanol–water partition coefficient (Wildman–Crippen LogP) is 4.40. The summed E-state index contributed by atoms with van der Waals surface area (Å²) in [6.45, 7) is 1.86. The standard InChI is InChI=1S/C24H24N4O3S/c1-15-10-12-24(13-11-15)22(30)28(23(31)27-24)14-20(29)25-17-8-6-16(7-9-17)21-26-18-4-2-3-5-19(18)32-21/h2-9,15H,10-14H2,1H3,(H,25,29)(H,27,31). The molecule has 2 N–H and O–H groups in total. The Morgan fingerprint density at radius 1 is 1.16 bits per heavy atom. The molecule has 3 aromatic rings. The average molecular weight is 449 g/mol. The van der Waals surface area contributed by atoms with Crippen LogP contribution in [0.25, 0.3) is 20.8 Å². The van der Waals surface area contributed by atoms with Gasteiger partial charge < -0.3 is 10.6 Å². The second-order valence-corrected chi connectivity index (χ2v) is 9.73. The van der Waals surface area contributed by atoms with Gasteiger partial charge in [-0.2, -0.15) is 0 Å². The van der Waals surface area contributed by atoms with Crippen molar-refractivity contribution in [2.75, 3.05) is 11.9 Å². The van der Waals surface area contributed by atoms with Crippen molar-refractivity contribution >= 4 is 45.1 Å². The minimum Gasteiger partial charge on any atom is -0.325 e. The van der Waals surface area contributed by atoms with Gasteiger partial charge in [-0.15, -0.1) is 11.3 Å². The van der Waals surface area contributed by atoms with Gasteiger partial charge in [0.05, 0.1) is 10.2 Å². The number of carbonyl (C=O) groups excluding carboxylic acids is 3. The molecule has 164 valence electrons. The van der Waals surface area contributed by atoms with Crippen LogP contribution in [0.3, 0.4) is 0 Å². The monoisotopic (exact) mass is 448 g/mol. The largest absolute Gasteiger partial charge is 0.325 e. The van der Waals surface area contributed by atoms with E-state index in [4.69, 9.17) is 0 Å². The Morgan fingerprint density at radius 3 is 2.59 bits per heavy atom.